The highest BCUT2D eigenvalue weighted by molar-refractivity contribution is 6.42. The van der Waals surface area contributed by atoms with Gasteiger partial charge in [-0.3, -0.25) is 0 Å². The SMILES string of the molecule is OCc1ncncc1-c1ccc(Cl)c(Cl)c1. The van der Waals surface area contributed by atoms with Crippen LogP contribution >= 0.6 is 23.2 Å². The molecule has 16 heavy (non-hydrogen) atoms. The lowest BCUT2D eigenvalue weighted by Crippen LogP contribution is -1.94. The van der Waals surface area contributed by atoms with Crippen molar-refractivity contribution in [3.05, 3.63) is 46.5 Å². The smallest absolute Gasteiger partial charge is 0.115 e. The molecule has 1 heterocycles. The first-order valence-electron chi connectivity index (χ1n) is 4.57. The van der Waals surface area contributed by atoms with E-state index < -0.39 is 0 Å². The monoisotopic (exact) mass is 254 g/mol. The van der Waals surface area contributed by atoms with Crippen LogP contribution in [0.5, 0.6) is 0 Å². The van der Waals surface area contributed by atoms with Gasteiger partial charge in [-0.25, -0.2) is 9.97 Å². The third-order valence-corrected chi connectivity index (χ3v) is 2.91. The van der Waals surface area contributed by atoms with Crippen molar-refractivity contribution >= 4 is 23.2 Å². The van der Waals surface area contributed by atoms with Crippen LogP contribution in [0, 0.1) is 0 Å². The number of hydrogen-bond acceptors (Lipinski definition) is 3. The number of benzene rings is 1. The van der Waals surface area contributed by atoms with Gasteiger partial charge in [0.15, 0.2) is 0 Å². The predicted octanol–water partition coefficient (Wildman–Crippen LogP) is 2.94. The summed E-state index contributed by atoms with van der Waals surface area (Å²) in [6.45, 7) is -0.141. The van der Waals surface area contributed by atoms with Crippen molar-refractivity contribution in [3.63, 3.8) is 0 Å². The average Bonchev–Trinajstić information content (AvgIpc) is 2.32. The summed E-state index contributed by atoms with van der Waals surface area (Å²) < 4.78 is 0. The fourth-order valence-electron chi connectivity index (χ4n) is 1.39. The van der Waals surface area contributed by atoms with E-state index in [1.807, 2.05) is 6.07 Å². The molecular weight excluding hydrogens is 247 g/mol. The normalized spacial score (nSPS) is 10.4. The molecular formula is C11H8Cl2N2O. The van der Waals surface area contributed by atoms with Crippen molar-refractivity contribution in [2.24, 2.45) is 0 Å². The van der Waals surface area contributed by atoms with Crippen LogP contribution in [0.3, 0.4) is 0 Å². The molecule has 0 bridgehead atoms. The Hall–Kier alpha value is -1.16. The Bertz CT molecular complexity index is 517. The van der Waals surface area contributed by atoms with Crippen LogP contribution < -0.4 is 0 Å². The van der Waals surface area contributed by atoms with Crippen LogP contribution in [0.25, 0.3) is 11.1 Å². The number of nitrogens with zero attached hydrogens (tertiary/aromatic N) is 2. The second-order valence-corrected chi connectivity index (χ2v) is 3.98. The van der Waals surface area contributed by atoms with E-state index in [0.717, 1.165) is 11.1 Å². The number of hydrogen-bond donors (Lipinski definition) is 1. The lowest BCUT2D eigenvalue weighted by molar-refractivity contribution is 0.277. The number of aliphatic hydroxyl groups excluding tert-OH is 1. The van der Waals surface area contributed by atoms with Gasteiger partial charge in [0.1, 0.15) is 6.33 Å². The third kappa shape index (κ3) is 2.16. The molecule has 0 amide bonds. The van der Waals surface area contributed by atoms with E-state index in [4.69, 9.17) is 28.3 Å². The molecule has 0 aliphatic heterocycles. The molecule has 0 spiro atoms. The molecule has 0 atom stereocenters. The highest BCUT2D eigenvalue weighted by Gasteiger charge is 2.07. The first-order chi connectivity index (χ1) is 7.72. The predicted molar refractivity (Wildman–Crippen MR) is 63.4 cm³/mol. The molecule has 5 heteroatoms. The van der Waals surface area contributed by atoms with Crippen molar-refractivity contribution in [2.75, 3.05) is 0 Å². The van der Waals surface area contributed by atoms with Gasteiger partial charge >= 0.3 is 0 Å². The third-order valence-electron chi connectivity index (χ3n) is 2.18. The van der Waals surface area contributed by atoms with E-state index in [-0.39, 0.29) is 6.61 Å². The van der Waals surface area contributed by atoms with Crippen molar-refractivity contribution in [3.8, 4) is 11.1 Å². The van der Waals surface area contributed by atoms with Gasteiger partial charge < -0.3 is 5.11 Å². The van der Waals surface area contributed by atoms with E-state index in [9.17, 15) is 0 Å². The maximum atomic E-state index is 9.15. The van der Waals surface area contributed by atoms with Gasteiger partial charge in [0.05, 0.1) is 22.3 Å². The highest BCUT2D eigenvalue weighted by Crippen LogP contribution is 2.29. The van der Waals surface area contributed by atoms with Crippen LogP contribution in [-0.2, 0) is 6.61 Å². The number of halogens is 2. The molecule has 82 valence electrons. The van der Waals surface area contributed by atoms with Gasteiger partial charge in [-0.15, -0.1) is 0 Å². The van der Waals surface area contributed by atoms with Crippen molar-refractivity contribution < 1.29 is 5.11 Å². The van der Waals surface area contributed by atoms with Gasteiger partial charge in [0, 0.05) is 11.8 Å². The number of rotatable bonds is 2. The van der Waals surface area contributed by atoms with Crippen LogP contribution in [0.1, 0.15) is 5.69 Å². The van der Waals surface area contributed by atoms with Crippen molar-refractivity contribution in [1.82, 2.24) is 9.97 Å². The lowest BCUT2D eigenvalue weighted by Gasteiger charge is -2.06. The Morgan fingerprint density at radius 2 is 2.00 bits per heavy atom. The Morgan fingerprint density at radius 3 is 2.69 bits per heavy atom. The zero-order valence-electron chi connectivity index (χ0n) is 8.19. The standard InChI is InChI=1S/C11H8Cl2N2O/c12-9-2-1-7(3-10(9)13)8-4-14-6-15-11(8)5-16/h1-4,6,16H,5H2. The first kappa shape index (κ1) is 11.3. The molecule has 1 aromatic heterocycles. The summed E-state index contributed by atoms with van der Waals surface area (Å²) in [6.07, 6.45) is 3.03. The second-order valence-electron chi connectivity index (χ2n) is 3.17. The molecule has 0 radical (unpaired) electrons. The molecule has 2 aromatic rings. The second kappa shape index (κ2) is 4.78. The molecule has 2 rings (SSSR count). The summed E-state index contributed by atoms with van der Waals surface area (Å²) >= 11 is 11.8. The molecule has 0 unspecified atom stereocenters. The van der Waals surface area contributed by atoms with E-state index >= 15 is 0 Å². The molecule has 3 nitrogen and oxygen atoms in total. The summed E-state index contributed by atoms with van der Waals surface area (Å²) in [7, 11) is 0. The summed E-state index contributed by atoms with van der Waals surface area (Å²) in [5, 5.41) is 10.1. The van der Waals surface area contributed by atoms with Gasteiger partial charge in [-0.2, -0.15) is 0 Å². The van der Waals surface area contributed by atoms with Gasteiger partial charge in [-0.05, 0) is 17.7 Å². The summed E-state index contributed by atoms with van der Waals surface area (Å²) in [6, 6.07) is 5.24. The van der Waals surface area contributed by atoms with Crippen LogP contribution in [0.4, 0.5) is 0 Å². The van der Waals surface area contributed by atoms with Crippen LogP contribution in [0.15, 0.2) is 30.7 Å². The zero-order valence-corrected chi connectivity index (χ0v) is 9.70. The van der Waals surface area contributed by atoms with Gasteiger partial charge in [0.2, 0.25) is 0 Å². The summed E-state index contributed by atoms with van der Waals surface area (Å²) in [5.74, 6) is 0. The quantitative estimate of drug-likeness (QED) is 0.897. The Kier molecular flexibility index (Phi) is 3.39. The average molecular weight is 255 g/mol. The van der Waals surface area contributed by atoms with E-state index in [1.165, 1.54) is 6.33 Å². The van der Waals surface area contributed by atoms with Gasteiger partial charge in [-0.1, -0.05) is 29.3 Å². The fourth-order valence-corrected chi connectivity index (χ4v) is 1.68. The van der Waals surface area contributed by atoms with E-state index in [1.54, 1.807) is 18.3 Å². The molecule has 0 saturated carbocycles. The molecule has 1 aromatic carbocycles. The zero-order chi connectivity index (χ0) is 11.5. The Balaban J connectivity index is 2.54. The minimum Gasteiger partial charge on any atom is -0.390 e. The van der Waals surface area contributed by atoms with Crippen molar-refractivity contribution in [1.29, 1.82) is 0 Å². The van der Waals surface area contributed by atoms with Crippen molar-refractivity contribution in [2.45, 2.75) is 6.61 Å². The molecule has 0 aliphatic rings. The summed E-state index contributed by atoms with van der Waals surface area (Å²) in [4.78, 5) is 7.91. The summed E-state index contributed by atoms with van der Waals surface area (Å²) in [5.41, 5.74) is 2.15. The molecule has 0 fully saturated rings. The maximum Gasteiger partial charge on any atom is 0.115 e. The minimum atomic E-state index is -0.141. The van der Waals surface area contributed by atoms with E-state index in [0.29, 0.717) is 15.7 Å². The Labute approximate surface area is 103 Å². The van der Waals surface area contributed by atoms with Crippen LogP contribution in [0.2, 0.25) is 10.0 Å². The molecule has 1 N–H and O–H groups in total. The first-order valence-corrected chi connectivity index (χ1v) is 5.33. The largest absolute Gasteiger partial charge is 0.390 e. The molecule has 0 saturated heterocycles. The van der Waals surface area contributed by atoms with E-state index in [2.05, 4.69) is 9.97 Å². The maximum absolute atomic E-state index is 9.15. The molecule has 0 aliphatic carbocycles. The number of aliphatic hydroxyl groups is 1. The van der Waals surface area contributed by atoms with Crippen LogP contribution in [-0.4, -0.2) is 15.1 Å². The van der Waals surface area contributed by atoms with Gasteiger partial charge in [0.25, 0.3) is 0 Å². The minimum absolute atomic E-state index is 0.141. The number of aromatic nitrogens is 2. The Morgan fingerprint density at radius 1 is 1.19 bits per heavy atom. The topological polar surface area (TPSA) is 46.0 Å². The fraction of sp³-hybridized carbons (Fsp3) is 0.0909. The highest BCUT2D eigenvalue weighted by atomic mass is 35.5. The lowest BCUT2D eigenvalue weighted by atomic mass is 10.1.